The summed E-state index contributed by atoms with van der Waals surface area (Å²) in [4.78, 5) is 27.8. The highest BCUT2D eigenvalue weighted by molar-refractivity contribution is 5.94. The summed E-state index contributed by atoms with van der Waals surface area (Å²) >= 11 is 0. The summed E-state index contributed by atoms with van der Waals surface area (Å²) in [6.07, 6.45) is 1.74. The third-order valence-electron chi connectivity index (χ3n) is 4.90. The zero-order valence-corrected chi connectivity index (χ0v) is 19.0. The van der Waals surface area contributed by atoms with Crippen LogP contribution in [0.15, 0.2) is 72.9 Å². The first-order chi connectivity index (χ1) is 16.9. The van der Waals surface area contributed by atoms with Gasteiger partial charge in [-0.3, -0.25) is 20.0 Å². The summed E-state index contributed by atoms with van der Waals surface area (Å²) in [5.74, 6) is 10.3. The van der Waals surface area contributed by atoms with E-state index < -0.39 is 17.1 Å². The molecule has 8 nitrogen and oxygen atoms in total. The number of benzene rings is 2. The summed E-state index contributed by atoms with van der Waals surface area (Å²) in [6, 6.07) is 20.2. The molecule has 0 saturated carbocycles. The molecule has 2 amide bonds. The monoisotopic (exact) mass is 468 g/mol. The lowest BCUT2D eigenvalue weighted by Gasteiger charge is -2.14. The first-order valence-corrected chi connectivity index (χ1v) is 10.8. The van der Waals surface area contributed by atoms with E-state index in [9.17, 15) is 9.59 Å². The number of hydrogen-bond donors (Lipinski definition) is 4. The van der Waals surface area contributed by atoms with Gasteiger partial charge in [0.2, 0.25) is 0 Å². The molecule has 176 valence electrons. The van der Waals surface area contributed by atoms with E-state index in [0.29, 0.717) is 17.7 Å². The van der Waals surface area contributed by atoms with E-state index in [1.165, 1.54) is 6.92 Å². The second kappa shape index (κ2) is 12.6. The molecule has 0 radical (unpaired) electrons. The molecule has 3 aromatic rings. The fraction of sp³-hybridized carbons (Fsp3) is 0.148. The van der Waals surface area contributed by atoms with Crippen molar-refractivity contribution in [3.8, 4) is 23.7 Å². The second-order valence-electron chi connectivity index (χ2n) is 7.58. The number of hydrogen-bond acceptors (Lipinski definition) is 6. The van der Waals surface area contributed by atoms with Crippen LogP contribution < -0.4 is 10.6 Å². The molecule has 2 aromatic carbocycles. The molecule has 1 heterocycles. The fourth-order valence-electron chi connectivity index (χ4n) is 2.91. The third kappa shape index (κ3) is 8.02. The minimum atomic E-state index is -0.911. The Morgan fingerprint density at radius 2 is 1.57 bits per heavy atom. The smallest absolute Gasteiger partial charge is 0.277 e. The van der Waals surface area contributed by atoms with Gasteiger partial charge in [0.25, 0.3) is 11.8 Å². The minimum absolute atomic E-state index is 0.0336. The van der Waals surface area contributed by atoms with E-state index in [-0.39, 0.29) is 12.5 Å². The number of pyridine rings is 1. The molecule has 0 aliphatic heterocycles. The Morgan fingerprint density at radius 1 is 0.943 bits per heavy atom. The zero-order valence-electron chi connectivity index (χ0n) is 19.0. The van der Waals surface area contributed by atoms with Crippen LogP contribution in [-0.4, -0.2) is 39.0 Å². The highest BCUT2D eigenvalue weighted by Crippen LogP contribution is 2.07. The molecule has 3 rings (SSSR count). The zero-order chi connectivity index (χ0) is 25.0. The number of nitrogens with one attached hydrogen (secondary N) is 2. The van der Waals surface area contributed by atoms with E-state index in [1.807, 2.05) is 42.5 Å². The number of amides is 2. The summed E-state index contributed by atoms with van der Waals surface area (Å²) < 4.78 is 0. The van der Waals surface area contributed by atoms with Crippen LogP contribution in [0.25, 0.3) is 0 Å². The van der Waals surface area contributed by atoms with Crippen molar-refractivity contribution in [1.29, 1.82) is 0 Å². The maximum Gasteiger partial charge on any atom is 0.277 e. The maximum atomic E-state index is 12.2. The molecular weight excluding hydrogens is 444 g/mol. The first-order valence-electron chi connectivity index (χ1n) is 10.8. The molecule has 0 spiro atoms. The minimum Gasteiger partial charge on any atom is -0.366 e. The summed E-state index contributed by atoms with van der Waals surface area (Å²) in [7, 11) is 0. The first kappa shape index (κ1) is 25.0. The van der Waals surface area contributed by atoms with Gasteiger partial charge < -0.3 is 10.6 Å². The largest absolute Gasteiger partial charge is 0.366 e. The molecular formula is C27H24N4O4. The Morgan fingerprint density at radius 3 is 2.14 bits per heavy atom. The number of carbonyl (C=O) groups is 2. The molecule has 0 bridgehead atoms. The van der Waals surface area contributed by atoms with Gasteiger partial charge in [-0.25, -0.2) is 4.98 Å². The van der Waals surface area contributed by atoms with Gasteiger partial charge in [-0.05, 0) is 65.9 Å². The van der Waals surface area contributed by atoms with Crippen LogP contribution >= 0.6 is 0 Å². The fourth-order valence-corrected chi connectivity index (χ4v) is 2.91. The van der Waals surface area contributed by atoms with Crippen molar-refractivity contribution >= 4 is 17.6 Å². The Kier molecular flexibility index (Phi) is 8.98. The van der Waals surface area contributed by atoms with Crippen LogP contribution in [0.1, 0.15) is 34.0 Å². The third-order valence-corrected chi connectivity index (χ3v) is 4.90. The predicted molar refractivity (Wildman–Crippen MR) is 130 cm³/mol. The summed E-state index contributed by atoms with van der Waals surface area (Å²) in [6.45, 7) is 2.10. The highest BCUT2D eigenvalue weighted by Gasteiger charge is 2.18. The topological polar surface area (TPSA) is 115 Å². The van der Waals surface area contributed by atoms with E-state index >= 15 is 0 Å². The van der Waals surface area contributed by atoms with Crippen molar-refractivity contribution in [1.82, 2.24) is 15.5 Å². The van der Waals surface area contributed by atoms with E-state index in [1.54, 1.807) is 30.5 Å². The molecule has 1 aromatic heterocycles. The van der Waals surface area contributed by atoms with Gasteiger partial charge in [0, 0.05) is 36.0 Å². The number of nitrogens with zero attached hydrogens (tertiary/aromatic N) is 2. The molecule has 0 aliphatic carbocycles. The van der Waals surface area contributed by atoms with Gasteiger partial charge in [0.15, 0.2) is 0 Å². The van der Waals surface area contributed by atoms with E-state index in [0.717, 1.165) is 16.9 Å². The SMILES string of the molecule is CC(CNC(=O)c1ccc(C#CC#Cc2ccc(CNc3ccccn3)cc2)cc1)C(=O)N(O)O. The molecule has 1 atom stereocenters. The highest BCUT2D eigenvalue weighted by atomic mass is 16.8. The average molecular weight is 469 g/mol. The molecule has 0 aliphatic rings. The van der Waals surface area contributed by atoms with Crippen LogP contribution in [0.3, 0.4) is 0 Å². The van der Waals surface area contributed by atoms with Crippen LogP contribution in [-0.2, 0) is 11.3 Å². The molecule has 1 unspecified atom stereocenters. The van der Waals surface area contributed by atoms with Gasteiger partial charge in [0.05, 0.1) is 5.92 Å². The Labute approximate surface area is 203 Å². The number of aromatic nitrogens is 1. The standard InChI is InChI=1S/C27H24N4O4/c1-20(27(33)31(34)35)18-30-26(32)24-15-13-22(14-16-24)7-3-2-6-21-9-11-23(12-10-21)19-29-25-8-4-5-17-28-25/h4-5,8-17,20,34-35H,18-19H2,1H3,(H,28,29)(H,30,32). The van der Waals surface area contributed by atoms with Crippen molar-refractivity contribution < 1.29 is 20.0 Å². The van der Waals surface area contributed by atoms with Crippen LogP contribution in [0.5, 0.6) is 0 Å². The normalized spacial score (nSPS) is 10.6. The Bertz CT molecular complexity index is 1270. The van der Waals surface area contributed by atoms with Crippen molar-refractivity contribution in [2.75, 3.05) is 11.9 Å². The van der Waals surface area contributed by atoms with Crippen LogP contribution in [0.4, 0.5) is 5.82 Å². The quantitative estimate of drug-likeness (QED) is 0.241. The molecule has 0 saturated heterocycles. The van der Waals surface area contributed by atoms with Gasteiger partial charge in [0.1, 0.15) is 5.82 Å². The predicted octanol–water partition coefficient (Wildman–Crippen LogP) is 3.07. The van der Waals surface area contributed by atoms with Crippen molar-refractivity contribution in [2.24, 2.45) is 5.92 Å². The van der Waals surface area contributed by atoms with E-state index in [4.69, 9.17) is 10.4 Å². The molecule has 8 heteroatoms. The van der Waals surface area contributed by atoms with Gasteiger partial charge in [-0.15, -0.1) is 0 Å². The number of carbonyl (C=O) groups excluding carboxylic acids is 2. The average Bonchev–Trinajstić information content (AvgIpc) is 2.89. The molecule has 35 heavy (non-hydrogen) atoms. The number of rotatable bonds is 7. The van der Waals surface area contributed by atoms with E-state index in [2.05, 4.69) is 39.3 Å². The van der Waals surface area contributed by atoms with Gasteiger partial charge in [-0.1, -0.05) is 42.2 Å². The Balaban J connectivity index is 1.49. The van der Waals surface area contributed by atoms with Gasteiger partial charge >= 0.3 is 0 Å². The number of hydroxylamine groups is 2. The lowest BCUT2D eigenvalue weighted by Crippen LogP contribution is -2.37. The number of anilines is 1. The summed E-state index contributed by atoms with van der Waals surface area (Å²) in [5, 5.41) is 22.8. The van der Waals surface area contributed by atoms with Crippen molar-refractivity contribution in [3.05, 3.63) is 95.2 Å². The Hall–Kier alpha value is -4.63. The lowest BCUT2D eigenvalue weighted by atomic mass is 10.1. The molecule has 0 fully saturated rings. The lowest BCUT2D eigenvalue weighted by molar-refractivity contribution is -0.287. The van der Waals surface area contributed by atoms with Gasteiger partial charge in [-0.2, -0.15) is 0 Å². The second-order valence-corrected chi connectivity index (χ2v) is 7.58. The van der Waals surface area contributed by atoms with Crippen molar-refractivity contribution in [3.63, 3.8) is 0 Å². The van der Waals surface area contributed by atoms with Crippen LogP contribution in [0.2, 0.25) is 0 Å². The molecule has 4 N–H and O–H groups in total. The van der Waals surface area contributed by atoms with Crippen molar-refractivity contribution in [2.45, 2.75) is 13.5 Å². The van der Waals surface area contributed by atoms with Crippen LogP contribution in [0, 0.1) is 29.6 Å². The maximum absolute atomic E-state index is 12.2. The summed E-state index contributed by atoms with van der Waals surface area (Å²) in [5.41, 5.74) is 3.06.